The third-order valence-corrected chi connectivity index (χ3v) is 2.74. The number of aliphatic carboxylic acids is 1. The molecule has 0 aliphatic heterocycles. The molecule has 0 spiro atoms. The maximum absolute atomic E-state index is 11.2. The SMILES string of the molecule is NS(=O)(=O)CCNC(=O)NC(=O)CCCCC(=O)O. The topological polar surface area (TPSA) is 156 Å². The van der Waals surface area contributed by atoms with Gasteiger partial charge in [-0.15, -0.1) is 0 Å². The van der Waals surface area contributed by atoms with Crippen LogP contribution in [0, 0.1) is 0 Å². The molecule has 0 aromatic rings. The van der Waals surface area contributed by atoms with E-state index >= 15 is 0 Å². The van der Waals surface area contributed by atoms with E-state index in [1.807, 2.05) is 5.32 Å². The molecule has 0 aliphatic carbocycles. The second kappa shape index (κ2) is 8.43. The number of rotatable bonds is 8. The largest absolute Gasteiger partial charge is 0.481 e. The van der Waals surface area contributed by atoms with E-state index in [2.05, 4.69) is 5.32 Å². The highest BCUT2D eigenvalue weighted by Crippen LogP contribution is 1.99. The first-order valence-electron chi connectivity index (χ1n) is 5.50. The molecule has 0 saturated heterocycles. The van der Waals surface area contributed by atoms with E-state index in [0.717, 1.165) is 0 Å². The first-order valence-corrected chi connectivity index (χ1v) is 7.22. The summed E-state index contributed by atoms with van der Waals surface area (Å²) in [7, 11) is -3.66. The summed E-state index contributed by atoms with van der Waals surface area (Å²) in [5.41, 5.74) is 0. The molecular weight excluding hydrogens is 278 g/mol. The van der Waals surface area contributed by atoms with Crippen molar-refractivity contribution in [2.45, 2.75) is 25.7 Å². The number of carboxylic acids is 1. The third-order valence-electron chi connectivity index (χ3n) is 1.97. The predicted molar refractivity (Wildman–Crippen MR) is 65.6 cm³/mol. The fraction of sp³-hybridized carbons (Fsp3) is 0.667. The van der Waals surface area contributed by atoms with Crippen LogP contribution in [-0.4, -0.2) is 43.7 Å². The monoisotopic (exact) mass is 295 g/mol. The van der Waals surface area contributed by atoms with Gasteiger partial charge in [-0.25, -0.2) is 18.4 Å². The molecule has 5 N–H and O–H groups in total. The number of carboxylic acid groups (broad SMARTS) is 1. The molecule has 0 aromatic carbocycles. The number of hydrogen-bond acceptors (Lipinski definition) is 5. The van der Waals surface area contributed by atoms with Gasteiger partial charge in [0.1, 0.15) is 0 Å². The average Bonchev–Trinajstić information content (AvgIpc) is 2.22. The Labute approximate surface area is 110 Å². The molecule has 0 atom stereocenters. The highest BCUT2D eigenvalue weighted by Gasteiger charge is 2.09. The van der Waals surface area contributed by atoms with E-state index in [4.69, 9.17) is 10.2 Å². The fourth-order valence-corrected chi connectivity index (χ4v) is 1.49. The minimum atomic E-state index is -3.66. The molecule has 0 radical (unpaired) electrons. The lowest BCUT2D eigenvalue weighted by Crippen LogP contribution is -2.41. The Kier molecular flexibility index (Phi) is 7.68. The lowest BCUT2D eigenvalue weighted by Gasteiger charge is -2.05. The number of imide groups is 1. The van der Waals surface area contributed by atoms with Crippen molar-refractivity contribution in [3.63, 3.8) is 0 Å². The molecule has 0 aliphatic rings. The van der Waals surface area contributed by atoms with Crippen molar-refractivity contribution in [3.05, 3.63) is 0 Å². The van der Waals surface area contributed by atoms with Crippen molar-refractivity contribution < 1.29 is 27.9 Å². The van der Waals surface area contributed by atoms with Crippen LogP contribution in [0.15, 0.2) is 0 Å². The van der Waals surface area contributed by atoms with Crippen molar-refractivity contribution in [2.75, 3.05) is 12.3 Å². The molecule has 0 aromatic heterocycles. The molecule has 110 valence electrons. The summed E-state index contributed by atoms with van der Waals surface area (Å²) < 4.78 is 21.1. The number of sulfonamides is 1. The molecule has 0 bridgehead atoms. The Balaban J connectivity index is 3.69. The van der Waals surface area contributed by atoms with E-state index in [1.54, 1.807) is 0 Å². The van der Waals surface area contributed by atoms with Gasteiger partial charge in [0.25, 0.3) is 0 Å². The summed E-state index contributed by atoms with van der Waals surface area (Å²) in [6.45, 7) is -0.197. The van der Waals surface area contributed by atoms with Crippen LogP contribution in [0.25, 0.3) is 0 Å². The Hall–Kier alpha value is -1.68. The second-order valence-corrected chi connectivity index (χ2v) is 5.51. The standard InChI is InChI=1S/C9H17N3O6S/c10-19(17,18)6-5-11-9(16)12-7(13)3-1-2-4-8(14)15/h1-6H2,(H,14,15)(H2,10,17,18)(H2,11,12,13,16). The van der Waals surface area contributed by atoms with Crippen molar-refractivity contribution in [1.82, 2.24) is 10.6 Å². The van der Waals surface area contributed by atoms with Gasteiger partial charge in [0.2, 0.25) is 15.9 Å². The molecule has 0 heterocycles. The number of nitrogens with one attached hydrogen (secondary N) is 2. The average molecular weight is 295 g/mol. The zero-order chi connectivity index (χ0) is 14.9. The van der Waals surface area contributed by atoms with Crippen LogP contribution in [0.5, 0.6) is 0 Å². The van der Waals surface area contributed by atoms with Gasteiger partial charge in [0.05, 0.1) is 5.75 Å². The number of primary sulfonamides is 1. The van der Waals surface area contributed by atoms with E-state index < -0.39 is 33.7 Å². The summed E-state index contributed by atoms with van der Waals surface area (Å²) in [5.74, 6) is -1.92. The smallest absolute Gasteiger partial charge is 0.321 e. The number of carbonyl (C=O) groups excluding carboxylic acids is 2. The summed E-state index contributed by atoms with van der Waals surface area (Å²) >= 11 is 0. The van der Waals surface area contributed by atoms with Crippen LogP contribution in [0.1, 0.15) is 25.7 Å². The van der Waals surface area contributed by atoms with Crippen molar-refractivity contribution in [2.24, 2.45) is 5.14 Å². The first-order chi connectivity index (χ1) is 8.70. The van der Waals surface area contributed by atoms with Crippen LogP contribution >= 0.6 is 0 Å². The Morgan fingerprint density at radius 2 is 1.68 bits per heavy atom. The summed E-state index contributed by atoms with van der Waals surface area (Å²) in [6.07, 6.45) is 0.683. The molecule has 9 nitrogen and oxygen atoms in total. The highest BCUT2D eigenvalue weighted by atomic mass is 32.2. The molecular formula is C9H17N3O6S. The molecule has 0 saturated carbocycles. The summed E-state index contributed by atoms with van der Waals surface area (Å²) in [6, 6.07) is -0.813. The van der Waals surface area contributed by atoms with Gasteiger partial charge in [-0.3, -0.25) is 14.9 Å². The van der Waals surface area contributed by atoms with E-state index in [9.17, 15) is 22.8 Å². The summed E-state index contributed by atoms with van der Waals surface area (Å²) in [4.78, 5) is 32.5. The number of hydrogen-bond donors (Lipinski definition) is 4. The summed E-state index contributed by atoms with van der Waals surface area (Å²) in [5, 5.41) is 17.2. The molecule has 0 unspecified atom stereocenters. The van der Waals surface area contributed by atoms with Gasteiger partial charge < -0.3 is 10.4 Å². The number of urea groups is 1. The minimum absolute atomic E-state index is 0.0237. The van der Waals surface area contributed by atoms with Crippen molar-refractivity contribution in [1.29, 1.82) is 0 Å². The van der Waals surface area contributed by atoms with Gasteiger partial charge in [-0.1, -0.05) is 0 Å². The third kappa shape index (κ3) is 12.6. The number of carbonyl (C=O) groups is 3. The van der Waals surface area contributed by atoms with Gasteiger partial charge in [0, 0.05) is 19.4 Å². The maximum Gasteiger partial charge on any atom is 0.321 e. The van der Waals surface area contributed by atoms with Gasteiger partial charge >= 0.3 is 12.0 Å². The maximum atomic E-state index is 11.2. The van der Waals surface area contributed by atoms with Gasteiger partial charge in [0.15, 0.2) is 0 Å². The van der Waals surface area contributed by atoms with E-state index in [1.165, 1.54) is 0 Å². The van der Waals surface area contributed by atoms with E-state index in [-0.39, 0.29) is 19.4 Å². The van der Waals surface area contributed by atoms with Crippen LogP contribution < -0.4 is 15.8 Å². The van der Waals surface area contributed by atoms with Crippen LogP contribution in [-0.2, 0) is 19.6 Å². The molecule has 3 amide bonds. The van der Waals surface area contributed by atoms with Crippen LogP contribution in [0.2, 0.25) is 0 Å². The zero-order valence-electron chi connectivity index (χ0n) is 10.2. The van der Waals surface area contributed by atoms with Crippen LogP contribution in [0.3, 0.4) is 0 Å². The molecule has 19 heavy (non-hydrogen) atoms. The highest BCUT2D eigenvalue weighted by molar-refractivity contribution is 7.89. The zero-order valence-corrected chi connectivity index (χ0v) is 11.0. The fourth-order valence-electron chi connectivity index (χ4n) is 1.10. The predicted octanol–water partition coefficient (Wildman–Crippen LogP) is -1.25. The Morgan fingerprint density at radius 3 is 2.21 bits per heavy atom. The molecule has 10 heteroatoms. The van der Waals surface area contributed by atoms with Gasteiger partial charge in [-0.05, 0) is 12.8 Å². The Morgan fingerprint density at radius 1 is 1.11 bits per heavy atom. The lowest BCUT2D eigenvalue weighted by molar-refractivity contribution is -0.137. The normalized spacial score (nSPS) is 10.8. The quantitative estimate of drug-likeness (QED) is 0.410. The second-order valence-electron chi connectivity index (χ2n) is 3.77. The van der Waals surface area contributed by atoms with Crippen molar-refractivity contribution in [3.8, 4) is 0 Å². The van der Waals surface area contributed by atoms with Crippen LogP contribution in [0.4, 0.5) is 4.79 Å². The van der Waals surface area contributed by atoms with Crippen molar-refractivity contribution >= 4 is 27.9 Å². The number of amides is 3. The van der Waals surface area contributed by atoms with Gasteiger partial charge in [-0.2, -0.15) is 0 Å². The molecule has 0 fully saturated rings. The first kappa shape index (κ1) is 17.3. The number of nitrogens with two attached hydrogens (primary N) is 1. The minimum Gasteiger partial charge on any atom is -0.481 e. The molecule has 0 rings (SSSR count). The number of unbranched alkanes of at least 4 members (excludes halogenated alkanes) is 1. The van der Waals surface area contributed by atoms with E-state index in [0.29, 0.717) is 12.8 Å². The lowest BCUT2D eigenvalue weighted by atomic mass is 10.2. The Bertz CT molecular complexity index is 433.